The van der Waals surface area contributed by atoms with Crippen LogP contribution in [0.15, 0.2) is 24.5 Å². The fourth-order valence-electron chi connectivity index (χ4n) is 2.59. The van der Waals surface area contributed by atoms with Crippen LogP contribution in [-0.2, 0) is 4.74 Å². The van der Waals surface area contributed by atoms with Crippen molar-refractivity contribution in [2.45, 2.75) is 51.7 Å². The molecular weight excluding hydrogens is 254 g/mol. The maximum Gasteiger partial charge on any atom is 0.407 e. The summed E-state index contributed by atoms with van der Waals surface area (Å²) in [5.41, 5.74) is 3.03. The Labute approximate surface area is 120 Å². The minimum atomic E-state index is -0.442. The second kappa shape index (κ2) is 6.20. The van der Waals surface area contributed by atoms with Gasteiger partial charge in [-0.05, 0) is 51.7 Å². The van der Waals surface area contributed by atoms with E-state index < -0.39 is 5.60 Å². The number of rotatable bonds is 4. The number of aromatic nitrogens is 1. The van der Waals surface area contributed by atoms with Gasteiger partial charge in [0.2, 0.25) is 0 Å². The number of amides is 1. The maximum atomic E-state index is 11.7. The Kier molecular flexibility index (Phi) is 4.57. The van der Waals surface area contributed by atoms with E-state index in [2.05, 4.69) is 10.7 Å². The average molecular weight is 279 g/mol. The first-order valence-corrected chi connectivity index (χ1v) is 7.30. The molecule has 0 radical (unpaired) electrons. The van der Waals surface area contributed by atoms with Crippen molar-refractivity contribution in [1.29, 1.82) is 0 Å². The maximum absolute atomic E-state index is 11.7. The first-order chi connectivity index (χ1) is 9.44. The molecule has 0 bridgehead atoms. The first kappa shape index (κ1) is 14.8. The van der Waals surface area contributed by atoms with Gasteiger partial charge in [-0.2, -0.15) is 0 Å². The van der Waals surface area contributed by atoms with E-state index in [1.807, 2.05) is 50.0 Å². The Morgan fingerprint density at radius 1 is 1.30 bits per heavy atom. The summed E-state index contributed by atoms with van der Waals surface area (Å²) in [6.07, 6.45) is 7.13. The van der Waals surface area contributed by atoms with Gasteiger partial charge in [-0.3, -0.25) is 4.68 Å². The number of alkyl carbamates (subject to hydrolysis) is 1. The lowest BCUT2D eigenvalue weighted by molar-refractivity contribution is 0.0518. The molecule has 1 amide bonds. The van der Waals surface area contributed by atoms with E-state index in [1.165, 1.54) is 6.42 Å². The van der Waals surface area contributed by atoms with E-state index >= 15 is 0 Å². The summed E-state index contributed by atoms with van der Waals surface area (Å²) >= 11 is 0. The van der Waals surface area contributed by atoms with Crippen LogP contribution < -0.4 is 10.7 Å². The normalized spacial score (nSPS) is 22.6. The molecule has 112 valence electrons. The lowest BCUT2D eigenvalue weighted by Gasteiger charge is -2.24. The van der Waals surface area contributed by atoms with Crippen LogP contribution in [0.4, 0.5) is 4.79 Å². The summed E-state index contributed by atoms with van der Waals surface area (Å²) in [5.74, 6) is 0.449. The monoisotopic (exact) mass is 279 g/mol. The number of hydrogen-bond donors (Lipinski definition) is 2. The van der Waals surface area contributed by atoms with Crippen LogP contribution in [0.5, 0.6) is 0 Å². The van der Waals surface area contributed by atoms with Crippen LogP contribution in [0, 0.1) is 5.92 Å². The van der Waals surface area contributed by atoms with Crippen molar-refractivity contribution >= 4 is 6.09 Å². The highest BCUT2D eigenvalue weighted by Gasteiger charge is 2.28. The third kappa shape index (κ3) is 4.47. The van der Waals surface area contributed by atoms with Crippen LogP contribution >= 0.6 is 0 Å². The minimum absolute atomic E-state index is 0.330. The predicted molar refractivity (Wildman–Crippen MR) is 79.2 cm³/mol. The summed E-state index contributed by atoms with van der Waals surface area (Å²) in [5, 5.41) is 2.88. The summed E-state index contributed by atoms with van der Waals surface area (Å²) < 4.78 is 7.25. The highest BCUT2D eigenvalue weighted by Crippen LogP contribution is 2.26. The third-order valence-corrected chi connectivity index (χ3v) is 3.49. The Balaban J connectivity index is 1.78. The Bertz CT molecular complexity index is 423. The van der Waals surface area contributed by atoms with Crippen LogP contribution in [0.25, 0.3) is 0 Å². The fraction of sp³-hybridized carbons (Fsp3) is 0.667. The lowest BCUT2D eigenvalue weighted by atomic mass is 10.0. The molecule has 5 heteroatoms. The van der Waals surface area contributed by atoms with E-state index in [1.54, 1.807) is 0 Å². The quantitative estimate of drug-likeness (QED) is 0.891. The van der Waals surface area contributed by atoms with Gasteiger partial charge in [-0.15, -0.1) is 0 Å². The van der Waals surface area contributed by atoms with E-state index in [0.29, 0.717) is 18.5 Å². The molecule has 20 heavy (non-hydrogen) atoms. The van der Waals surface area contributed by atoms with Gasteiger partial charge in [-0.25, -0.2) is 4.79 Å². The van der Waals surface area contributed by atoms with Gasteiger partial charge in [0, 0.05) is 25.0 Å². The Morgan fingerprint density at radius 3 is 2.65 bits per heavy atom. The third-order valence-electron chi connectivity index (χ3n) is 3.49. The topological polar surface area (TPSA) is 55.3 Å². The highest BCUT2D eigenvalue weighted by molar-refractivity contribution is 5.67. The van der Waals surface area contributed by atoms with E-state index in [-0.39, 0.29) is 6.09 Å². The number of ether oxygens (including phenoxy) is 1. The molecule has 1 aliphatic carbocycles. The van der Waals surface area contributed by atoms with Crippen molar-refractivity contribution in [2.75, 3.05) is 12.0 Å². The van der Waals surface area contributed by atoms with Crippen molar-refractivity contribution in [3.8, 4) is 0 Å². The molecular formula is C15H25N3O2. The zero-order chi connectivity index (χ0) is 14.6. The molecule has 1 fully saturated rings. The Hall–Kier alpha value is -1.65. The zero-order valence-corrected chi connectivity index (χ0v) is 12.6. The van der Waals surface area contributed by atoms with Gasteiger partial charge in [0.1, 0.15) is 5.60 Å². The second-order valence-corrected chi connectivity index (χ2v) is 6.40. The SMILES string of the molecule is CC(C)(C)OC(=O)NCC1CCCC1Nn1cccc1. The molecule has 2 unspecified atom stereocenters. The van der Waals surface area contributed by atoms with Gasteiger partial charge in [0.05, 0.1) is 0 Å². The van der Waals surface area contributed by atoms with Crippen molar-refractivity contribution in [3.63, 3.8) is 0 Å². The van der Waals surface area contributed by atoms with Crippen LogP contribution in [0.2, 0.25) is 0 Å². The molecule has 0 aromatic carbocycles. The van der Waals surface area contributed by atoms with Crippen LogP contribution in [0.3, 0.4) is 0 Å². The molecule has 1 saturated carbocycles. The summed E-state index contributed by atoms with van der Waals surface area (Å²) in [4.78, 5) is 11.7. The highest BCUT2D eigenvalue weighted by atomic mass is 16.6. The largest absolute Gasteiger partial charge is 0.444 e. The number of carbonyl (C=O) groups is 1. The van der Waals surface area contributed by atoms with Gasteiger partial charge in [0.25, 0.3) is 0 Å². The number of hydrogen-bond acceptors (Lipinski definition) is 3. The molecule has 1 aromatic heterocycles. The van der Waals surface area contributed by atoms with Gasteiger partial charge < -0.3 is 15.5 Å². The fourth-order valence-corrected chi connectivity index (χ4v) is 2.59. The predicted octanol–water partition coefficient (Wildman–Crippen LogP) is 2.73. The molecule has 5 nitrogen and oxygen atoms in total. The molecule has 1 aliphatic rings. The lowest BCUT2D eigenvalue weighted by Crippen LogP contribution is -2.40. The molecule has 2 rings (SSSR count). The molecule has 1 heterocycles. The molecule has 0 saturated heterocycles. The van der Waals surface area contributed by atoms with Gasteiger partial charge >= 0.3 is 6.09 Å². The van der Waals surface area contributed by atoms with Crippen LogP contribution in [-0.4, -0.2) is 29.0 Å². The van der Waals surface area contributed by atoms with E-state index in [4.69, 9.17) is 4.74 Å². The zero-order valence-electron chi connectivity index (χ0n) is 12.6. The van der Waals surface area contributed by atoms with Crippen molar-refractivity contribution < 1.29 is 9.53 Å². The first-order valence-electron chi connectivity index (χ1n) is 7.30. The van der Waals surface area contributed by atoms with E-state index in [9.17, 15) is 4.79 Å². The van der Waals surface area contributed by atoms with Crippen molar-refractivity contribution in [3.05, 3.63) is 24.5 Å². The number of carbonyl (C=O) groups excluding carboxylic acids is 1. The minimum Gasteiger partial charge on any atom is -0.444 e. The Morgan fingerprint density at radius 2 is 2.00 bits per heavy atom. The smallest absolute Gasteiger partial charge is 0.407 e. The van der Waals surface area contributed by atoms with Crippen molar-refractivity contribution in [2.24, 2.45) is 5.92 Å². The molecule has 2 N–H and O–H groups in total. The second-order valence-electron chi connectivity index (χ2n) is 6.40. The average Bonchev–Trinajstić information content (AvgIpc) is 2.96. The van der Waals surface area contributed by atoms with Crippen molar-refractivity contribution in [1.82, 2.24) is 9.99 Å². The summed E-state index contributed by atoms with van der Waals surface area (Å²) in [6.45, 7) is 6.28. The number of nitrogens with zero attached hydrogens (tertiary/aromatic N) is 1. The van der Waals surface area contributed by atoms with Crippen LogP contribution in [0.1, 0.15) is 40.0 Å². The summed E-state index contributed by atoms with van der Waals surface area (Å²) in [7, 11) is 0. The van der Waals surface area contributed by atoms with E-state index in [0.717, 1.165) is 12.8 Å². The molecule has 0 spiro atoms. The molecule has 0 aliphatic heterocycles. The summed E-state index contributed by atoms with van der Waals surface area (Å²) in [6, 6.07) is 4.39. The van der Waals surface area contributed by atoms with Gasteiger partial charge in [0.15, 0.2) is 0 Å². The van der Waals surface area contributed by atoms with Gasteiger partial charge in [-0.1, -0.05) is 6.42 Å². The molecule has 1 aromatic rings. The molecule has 2 atom stereocenters. The number of nitrogens with one attached hydrogen (secondary N) is 2. The standard InChI is InChI=1S/C15H25N3O2/c1-15(2,3)20-14(19)16-11-12-7-6-8-13(12)17-18-9-4-5-10-18/h4-5,9-10,12-13,17H,6-8,11H2,1-3H3,(H,16,19).